The molecule has 1 atom stereocenters. The minimum Gasteiger partial charge on any atom is -0.480 e. The summed E-state index contributed by atoms with van der Waals surface area (Å²) in [7, 11) is 0. The van der Waals surface area contributed by atoms with E-state index < -0.39 is 12.0 Å². The van der Waals surface area contributed by atoms with Crippen LogP contribution in [0.4, 0.5) is 0 Å². The van der Waals surface area contributed by atoms with E-state index in [-0.39, 0.29) is 5.91 Å². The molecule has 1 amide bonds. The molecular formula is C12H21NO3. The second kappa shape index (κ2) is 6.51. The summed E-state index contributed by atoms with van der Waals surface area (Å²) in [4.78, 5) is 22.4. The highest BCUT2D eigenvalue weighted by molar-refractivity contribution is 5.83. The first-order chi connectivity index (χ1) is 7.63. The number of rotatable bonds is 5. The summed E-state index contributed by atoms with van der Waals surface area (Å²) >= 11 is 0. The SMILES string of the molecule is CC[C@@H](NC(=O)CC1CCCCC1)C(=O)O. The first-order valence-electron chi connectivity index (χ1n) is 6.15. The molecule has 0 heterocycles. The van der Waals surface area contributed by atoms with E-state index in [1.165, 1.54) is 19.3 Å². The summed E-state index contributed by atoms with van der Waals surface area (Å²) in [5.41, 5.74) is 0. The van der Waals surface area contributed by atoms with Crippen molar-refractivity contribution >= 4 is 11.9 Å². The number of carbonyl (C=O) groups is 2. The van der Waals surface area contributed by atoms with Gasteiger partial charge >= 0.3 is 5.97 Å². The number of carboxylic acid groups (broad SMARTS) is 1. The van der Waals surface area contributed by atoms with Gasteiger partial charge in [-0.1, -0.05) is 26.2 Å². The van der Waals surface area contributed by atoms with Gasteiger partial charge in [-0.05, 0) is 25.2 Å². The molecule has 0 bridgehead atoms. The molecule has 0 spiro atoms. The fourth-order valence-corrected chi connectivity index (χ4v) is 2.25. The molecule has 0 radical (unpaired) electrons. The molecule has 0 saturated heterocycles. The van der Waals surface area contributed by atoms with Gasteiger partial charge in [-0.3, -0.25) is 4.79 Å². The molecule has 0 aromatic heterocycles. The van der Waals surface area contributed by atoms with Crippen LogP contribution in [0.2, 0.25) is 0 Å². The van der Waals surface area contributed by atoms with Gasteiger partial charge in [0.25, 0.3) is 0 Å². The van der Waals surface area contributed by atoms with Gasteiger partial charge in [0, 0.05) is 6.42 Å². The zero-order valence-corrected chi connectivity index (χ0v) is 9.87. The Hall–Kier alpha value is -1.06. The van der Waals surface area contributed by atoms with Crippen molar-refractivity contribution in [2.75, 3.05) is 0 Å². The van der Waals surface area contributed by atoms with Crippen LogP contribution in [0, 0.1) is 5.92 Å². The van der Waals surface area contributed by atoms with Crippen molar-refractivity contribution in [3.8, 4) is 0 Å². The van der Waals surface area contributed by atoms with Crippen LogP contribution in [0.25, 0.3) is 0 Å². The molecule has 1 saturated carbocycles. The number of nitrogens with one attached hydrogen (secondary N) is 1. The number of carbonyl (C=O) groups excluding carboxylic acids is 1. The van der Waals surface area contributed by atoms with Crippen molar-refractivity contribution in [3.63, 3.8) is 0 Å². The van der Waals surface area contributed by atoms with Crippen molar-refractivity contribution in [2.45, 2.75) is 57.9 Å². The minimum atomic E-state index is -0.945. The summed E-state index contributed by atoms with van der Waals surface area (Å²) < 4.78 is 0. The molecule has 0 unspecified atom stereocenters. The molecule has 1 aliphatic carbocycles. The molecular weight excluding hydrogens is 206 g/mol. The van der Waals surface area contributed by atoms with Crippen molar-refractivity contribution in [2.24, 2.45) is 5.92 Å². The predicted molar refractivity (Wildman–Crippen MR) is 61.0 cm³/mol. The Kier molecular flexibility index (Phi) is 5.29. The standard InChI is InChI=1S/C12H21NO3/c1-2-10(12(15)16)13-11(14)8-9-6-4-3-5-7-9/h9-10H,2-8H2,1H3,(H,13,14)(H,15,16)/t10-/m1/s1. The molecule has 1 fully saturated rings. The highest BCUT2D eigenvalue weighted by atomic mass is 16.4. The average Bonchev–Trinajstić information content (AvgIpc) is 2.27. The van der Waals surface area contributed by atoms with E-state index in [2.05, 4.69) is 5.32 Å². The second-order valence-corrected chi connectivity index (χ2v) is 4.57. The third-order valence-electron chi connectivity index (χ3n) is 3.24. The number of aliphatic carboxylic acids is 1. The third kappa shape index (κ3) is 4.21. The lowest BCUT2D eigenvalue weighted by Crippen LogP contribution is -2.40. The van der Waals surface area contributed by atoms with Crippen LogP contribution in [0.15, 0.2) is 0 Å². The molecule has 16 heavy (non-hydrogen) atoms. The Labute approximate surface area is 96.4 Å². The van der Waals surface area contributed by atoms with E-state index >= 15 is 0 Å². The van der Waals surface area contributed by atoms with E-state index in [9.17, 15) is 9.59 Å². The number of hydrogen-bond donors (Lipinski definition) is 2. The van der Waals surface area contributed by atoms with Gasteiger partial charge in [-0.15, -0.1) is 0 Å². The first kappa shape index (κ1) is 13.0. The van der Waals surface area contributed by atoms with Crippen LogP contribution in [-0.4, -0.2) is 23.0 Å². The van der Waals surface area contributed by atoms with Gasteiger partial charge in [-0.2, -0.15) is 0 Å². The van der Waals surface area contributed by atoms with Gasteiger partial charge in [0.1, 0.15) is 6.04 Å². The first-order valence-corrected chi connectivity index (χ1v) is 6.15. The number of hydrogen-bond acceptors (Lipinski definition) is 2. The smallest absolute Gasteiger partial charge is 0.326 e. The Morgan fingerprint density at radius 3 is 2.44 bits per heavy atom. The lowest BCUT2D eigenvalue weighted by Gasteiger charge is -2.21. The molecule has 4 heteroatoms. The van der Waals surface area contributed by atoms with Crippen LogP contribution in [0.3, 0.4) is 0 Å². The van der Waals surface area contributed by atoms with Crippen LogP contribution in [0.1, 0.15) is 51.9 Å². The summed E-state index contributed by atoms with van der Waals surface area (Å²) in [5, 5.41) is 11.4. The van der Waals surface area contributed by atoms with Crippen molar-refractivity contribution in [1.29, 1.82) is 0 Å². The molecule has 0 aromatic carbocycles. The van der Waals surface area contributed by atoms with Crippen molar-refractivity contribution in [3.05, 3.63) is 0 Å². The maximum absolute atomic E-state index is 11.6. The van der Waals surface area contributed by atoms with E-state index in [4.69, 9.17) is 5.11 Å². The topological polar surface area (TPSA) is 66.4 Å². The summed E-state index contributed by atoms with van der Waals surface area (Å²) in [6.45, 7) is 1.76. The van der Waals surface area contributed by atoms with Gasteiger partial charge in [0.15, 0.2) is 0 Å². The number of carboxylic acids is 1. The van der Waals surface area contributed by atoms with Gasteiger partial charge in [0.2, 0.25) is 5.91 Å². The van der Waals surface area contributed by atoms with Gasteiger partial charge < -0.3 is 10.4 Å². The second-order valence-electron chi connectivity index (χ2n) is 4.57. The Balaban J connectivity index is 2.31. The average molecular weight is 227 g/mol. The lowest BCUT2D eigenvalue weighted by atomic mass is 9.87. The molecule has 0 aliphatic heterocycles. The molecule has 0 aromatic rings. The summed E-state index contributed by atoms with van der Waals surface area (Å²) in [5.74, 6) is -0.597. The van der Waals surface area contributed by atoms with Crippen LogP contribution in [0.5, 0.6) is 0 Å². The molecule has 4 nitrogen and oxygen atoms in total. The largest absolute Gasteiger partial charge is 0.480 e. The quantitative estimate of drug-likeness (QED) is 0.754. The van der Waals surface area contributed by atoms with Crippen LogP contribution < -0.4 is 5.32 Å². The highest BCUT2D eigenvalue weighted by Gasteiger charge is 2.21. The monoisotopic (exact) mass is 227 g/mol. The zero-order valence-electron chi connectivity index (χ0n) is 9.87. The summed E-state index contributed by atoms with van der Waals surface area (Å²) in [6.07, 6.45) is 6.82. The van der Waals surface area contributed by atoms with Crippen molar-refractivity contribution in [1.82, 2.24) is 5.32 Å². The van der Waals surface area contributed by atoms with Gasteiger partial charge in [-0.25, -0.2) is 4.79 Å². The maximum Gasteiger partial charge on any atom is 0.326 e. The maximum atomic E-state index is 11.6. The van der Waals surface area contributed by atoms with E-state index in [0.717, 1.165) is 12.8 Å². The zero-order chi connectivity index (χ0) is 12.0. The molecule has 2 N–H and O–H groups in total. The number of amides is 1. The normalized spacial score (nSPS) is 19.1. The predicted octanol–water partition coefficient (Wildman–Crippen LogP) is 1.94. The van der Waals surface area contributed by atoms with E-state index in [1.54, 1.807) is 6.92 Å². The van der Waals surface area contributed by atoms with Crippen LogP contribution in [-0.2, 0) is 9.59 Å². The Bertz CT molecular complexity index is 247. The molecule has 1 aliphatic rings. The van der Waals surface area contributed by atoms with Gasteiger partial charge in [0.05, 0.1) is 0 Å². The molecule has 1 rings (SSSR count). The third-order valence-corrected chi connectivity index (χ3v) is 3.24. The fraction of sp³-hybridized carbons (Fsp3) is 0.833. The van der Waals surface area contributed by atoms with E-state index in [1.807, 2.05) is 0 Å². The Morgan fingerprint density at radius 2 is 1.94 bits per heavy atom. The highest BCUT2D eigenvalue weighted by Crippen LogP contribution is 2.26. The summed E-state index contributed by atoms with van der Waals surface area (Å²) in [6, 6.07) is -0.726. The van der Waals surface area contributed by atoms with E-state index in [0.29, 0.717) is 18.8 Å². The Morgan fingerprint density at radius 1 is 1.31 bits per heavy atom. The minimum absolute atomic E-state index is 0.110. The van der Waals surface area contributed by atoms with Crippen molar-refractivity contribution < 1.29 is 14.7 Å². The fourth-order valence-electron chi connectivity index (χ4n) is 2.25. The molecule has 92 valence electrons. The van der Waals surface area contributed by atoms with Crippen LogP contribution >= 0.6 is 0 Å². The lowest BCUT2D eigenvalue weighted by molar-refractivity contribution is -0.142.